The summed E-state index contributed by atoms with van der Waals surface area (Å²) >= 11 is 3.77. The van der Waals surface area contributed by atoms with Crippen LogP contribution in [0.5, 0.6) is 0 Å². The molecule has 0 bridgehead atoms. The van der Waals surface area contributed by atoms with Crippen molar-refractivity contribution in [1.82, 2.24) is 4.90 Å². The monoisotopic (exact) mass is 303 g/mol. The zero-order chi connectivity index (χ0) is 12.9. The van der Waals surface area contributed by atoms with Gasteiger partial charge in [0.05, 0.1) is 0 Å². The Balaban J connectivity index is 2.56. The quantitative estimate of drug-likeness (QED) is 0.623. The van der Waals surface area contributed by atoms with Crippen LogP contribution in [-0.4, -0.2) is 29.9 Å². The maximum atomic E-state index is 3.77. The molecule has 0 spiro atoms. The van der Waals surface area contributed by atoms with Crippen LogP contribution in [0.15, 0.2) is 0 Å². The molecular formula is C15H30BrN. The van der Waals surface area contributed by atoms with Gasteiger partial charge in [0.2, 0.25) is 0 Å². The van der Waals surface area contributed by atoms with Crippen molar-refractivity contribution in [3.63, 3.8) is 0 Å². The Kier molecular flexibility index (Phi) is 6.50. The fourth-order valence-electron chi connectivity index (χ4n) is 3.17. The van der Waals surface area contributed by atoms with Gasteiger partial charge in [0, 0.05) is 25.0 Å². The van der Waals surface area contributed by atoms with Crippen molar-refractivity contribution in [2.75, 3.05) is 25.0 Å². The van der Waals surface area contributed by atoms with Gasteiger partial charge in [0.1, 0.15) is 0 Å². The molecule has 0 N–H and O–H groups in total. The van der Waals surface area contributed by atoms with Crippen molar-refractivity contribution in [3.05, 3.63) is 0 Å². The van der Waals surface area contributed by atoms with Crippen LogP contribution in [0.4, 0.5) is 0 Å². The van der Waals surface area contributed by atoms with Crippen LogP contribution in [0.2, 0.25) is 0 Å². The Morgan fingerprint density at radius 3 is 1.82 bits per heavy atom. The largest absolute Gasteiger partial charge is 0.302 e. The van der Waals surface area contributed by atoms with E-state index >= 15 is 0 Å². The summed E-state index contributed by atoms with van der Waals surface area (Å²) in [5.41, 5.74) is 0.573. The summed E-state index contributed by atoms with van der Waals surface area (Å²) in [4.78, 5) is 2.71. The van der Waals surface area contributed by atoms with Gasteiger partial charge in [-0.15, -0.1) is 0 Å². The predicted molar refractivity (Wildman–Crippen MR) is 80.8 cm³/mol. The summed E-state index contributed by atoms with van der Waals surface area (Å²) in [5, 5.41) is 1.19. The van der Waals surface area contributed by atoms with Gasteiger partial charge < -0.3 is 4.90 Å². The molecular weight excluding hydrogens is 274 g/mol. The molecule has 0 heterocycles. The third-order valence-electron chi connectivity index (χ3n) is 3.75. The van der Waals surface area contributed by atoms with Gasteiger partial charge in [-0.05, 0) is 30.1 Å². The van der Waals surface area contributed by atoms with E-state index in [9.17, 15) is 0 Å². The summed E-state index contributed by atoms with van der Waals surface area (Å²) in [6.07, 6.45) is 5.71. The molecule has 2 heteroatoms. The van der Waals surface area contributed by atoms with Crippen molar-refractivity contribution >= 4 is 15.9 Å². The second-order valence-electron chi connectivity index (χ2n) is 6.82. The molecule has 0 saturated heterocycles. The average molecular weight is 304 g/mol. The van der Waals surface area contributed by atoms with Crippen LogP contribution < -0.4 is 0 Å². The first-order valence-electron chi connectivity index (χ1n) is 7.26. The van der Waals surface area contributed by atoms with Gasteiger partial charge in [0.15, 0.2) is 0 Å². The lowest BCUT2D eigenvalue weighted by Crippen LogP contribution is -2.41. The van der Waals surface area contributed by atoms with Gasteiger partial charge in [0.25, 0.3) is 0 Å². The SMILES string of the molecule is CC(C)CN(CC(C)C)CC1(CBr)CCCC1. The van der Waals surface area contributed by atoms with E-state index in [0.717, 1.165) is 11.8 Å². The Morgan fingerprint density at radius 2 is 1.47 bits per heavy atom. The smallest absolute Gasteiger partial charge is 0.0100 e. The highest BCUT2D eigenvalue weighted by molar-refractivity contribution is 9.09. The van der Waals surface area contributed by atoms with Crippen molar-refractivity contribution in [2.24, 2.45) is 17.3 Å². The minimum absolute atomic E-state index is 0.573. The van der Waals surface area contributed by atoms with Crippen molar-refractivity contribution in [1.29, 1.82) is 0 Å². The van der Waals surface area contributed by atoms with Crippen LogP contribution in [0, 0.1) is 17.3 Å². The number of rotatable bonds is 7. The lowest BCUT2D eigenvalue weighted by molar-refractivity contribution is 0.143. The molecule has 0 aromatic rings. The molecule has 0 amide bonds. The van der Waals surface area contributed by atoms with Crippen LogP contribution in [0.3, 0.4) is 0 Å². The first-order chi connectivity index (χ1) is 7.97. The normalized spacial score (nSPS) is 19.8. The number of hydrogen-bond acceptors (Lipinski definition) is 1. The van der Waals surface area contributed by atoms with E-state index in [-0.39, 0.29) is 0 Å². The van der Waals surface area contributed by atoms with E-state index in [1.54, 1.807) is 0 Å². The maximum absolute atomic E-state index is 3.77. The highest BCUT2D eigenvalue weighted by Gasteiger charge is 2.34. The van der Waals surface area contributed by atoms with E-state index in [2.05, 4.69) is 48.5 Å². The van der Waals surface area contributed by atoms with Crippen LogP contribution in [-0.2, 0) is 0 Å². The van der Waals surface area contributed by atoms with Crippen molar-refractivity contribution in [2.45, 2.75) is 53.4 Å². The van der Waals surface area contributed by atoms with E-state index in [1.807, 2.05) is 0 Å². The molecule has 0 aromatic carbocycles. The fourth-order valence-corrected chi connectivity index (χ4v) is 3.91. The third-order valence-corrected chi connectivity index (χ3v) is 4.94. The van der Waals surface area contributed by atoms with Crippen LogP contribution in [0.1, 0.15) is 53.4 Å². The lowest BCUT2D eigenvalue weighted by atomic mass is 9.87. The molecule has 0 radical (unpaired) electrons. The number of hydrogen-bond donors (Lipinski definition) is 0. The molecule has 102 valence electrons. The minimum atomic E-state index is 0.573. The minimum Gasteiger partial charge on any atom is -0.302 e. The van der Waals surface area contributed by atoms with Gasteiger partial charge in [-0.25, -0.2) is 0 Å². The van der Waals surface area contributed by atoms with Gasteiger partial charge in [-0.3, -0.25) is 0 Å². The summed E-state index contributed by atoms with van der Waals surface area (Å²) in [6.45, 7) is 13.2. The Hall–Kier alpha value is 0.440. The van der Waals surface area contributed by atoms with E-state index in [1.165, 1.54) is 50.6 Å². The van der Waals surface area contributed by atoms with Crippen LogP contribution >= 0.6 is 15.9 Å². The molecule has 1 fully saturated rings. The summed E-state index contributed by atoms with van der Waals surface area (Å²) in [6, 6.07) is 0. The molecule has 0 aliphatic heterocycles. The molecule has 1 rings (SSSR count). The van der Waals surface area contributed by atoms with Gasteiger partial charge >= 0.3 is 0 Å². The second kappa shape index (κ2) is 7.13. The highest BCUT2D eigenvalue weighted by Crippen LogP contribution is 2.40. The highest BCUT2D eigenvalue weighted by atomic mass is 79.9. The van der Waals surface area contributed by atoms with Gasteiger partial charge in [-0.2, -0.15) is 0 Å². The topological polar surface area (TPSA) is 3.24 Å². The standard InChI is InChI=1S/C15H30BrN/c1-13(2)9-17(10-14(3)4)12-15(11-16)7-5-6-8-15/h13-14H,5-12H2,1-4H3. The van der Waals surface area contributed by atoms with E-state index in [0.29, 0.717) is 5.41 Å². The molecule has 0 atom stereocenters. The Labute approximate surface area is 116 Å². The first kappa shape index (κ1) is 15.5. The Bertz CT molecular complexity index is 197. The molecule has 1 saturated carbocycles. The summed E-state index contributed by atoms with van der Waals surface area (Å²) in [7, 11) is 0. The zero-order valence-electron chi connectivity index (χ0n) is 12.1. The van der Waals surface area contributed by atoms with Crippen molar-refractivity contribution < 1.29 is 0 Å². The van der Waals surface area contributed by atoms with Gasteiger partial charge in [-0.1, -0.05) is 56.5 Å². The summed E-state index contributed by atoms with van der Waals surface area (Å²) in [5.74, 6) is 1.56. The molecule has 1 nitrogen and oxygen atoms in total. The van der Waals surface area contributed by atoms with E-state index in [4.69, 9.17) is 0 Å². The van der Waals surface area contributed by atoms with Crippen LogP contribution in [0.25, 0.3) is 0 Å². The molecule has 17 heavy (non-hydrogen) atoms. The second-order valence-corrected chi connectivity index (χ2v) is 7.38. The van der Waals surface area contributed by atoms with Crippen molar-refractivity contribution in [3.8, 4) is 0 Å². The zero-order valence-corrected chi connectivity index (χ0v) is 13.7. The predicted octanol–water partition coefficient (Wildman–Crippen LogP) is 4.56. The fraction of sp³-hybridized carbons (Fsp3) is 1.00. The molecule has 1 aliphatic rings. The number of nitrogens with zero attached hydrogens (tertiary/aromatic N) is 1. The average Bonchev–Trinajstić information content (AvgIpc) is 2.65. The third kappa shape index (κ3) is 5.30. The first-order valence-corrected chi connectivity index (χ1v) is 8.38. The Morgan fingerprint density at radius 1 is 1.00 bits per heavy atom. The van der Waals surface area contributed by atoms with E-state index < -0.39 is 0 Å². The molecule has 0 unspecified atom stereocenters. The lowest BCUT2D eigenvalue weighted by Gasteiger charge is -2.36. The summed E-state index contributed by atoms with van der Waals surface area (Å²) < 4.78 is 0. The number of halogens is 1. The molecule has 1 aliphatic carbocycles. The molecule has 0 aromatic heterocycles. The number of alkyl halides is 1. The maximum Gasteiger partial charge on any atom is 0.0100 e.